The number of alkyl halides is 3. The van der Waals surface area contributed by atoms with Crippen LogP contribution in [-0.2, 0) is 20.4 Å². The minimum Gasteiger partial charge on any atom is -0.467 e. The van der Waals surface area contributed by atoms with Crippen molar-refractivity contribution in [1.29, 1.82) is 0 Å². The van der Waals surface area contributed by atoms with Gasteiger partial charge in [-0.2, -0.15) is 13.2 Å². The minimum absolute atomic E-state index is 0.143. The smallest absolute Gasteiger partial charge is 0.434 e. The van der Waals surface area contributed by atoms with Crippen molar-refractivity contribution >= 4 is 5.97 Å². The second kappa shape index (κ2) is 5.82. The zero-order valence-corrected chi connectivity index (χ0v) is 10.9. The van der Waals surface area contributed by atoms with Gasteiger partial charge in [-0.15, -0.1) is 0 Å². The van der Waals surface area contributed by atoms with Crippen LogP contribution < -0.4 is 0 Å². The van der Waals surface area contributed by atoms with Crippen LogP contribution in [0.4, 0.5) is 13.2 Å². The number of carbonyl (C=O) groups excluding carboxylic acids is 1. The van der Waals surface area contributed by atoms with Crippen LogP contribution in [0.1, 0.15) is 31.0 Å². The molecule has 0 bridgehead atoms. The molecule has 0 amide bonds. The number of rotatable bonds is 4. The van der Waals surface area contributed by atoms with E-state index in [1.807, 2.05) is 0 Å². The summed E-state index contributed by atoms with van der Waals surface area (Å²) < 4.78 is 48.8. The van der Waals surface area contributed by atoms with Crippen LogP contribution >= 0.6 is 0 Å². The molecule has 0 spiro atoms. The van der Waals surface area contributed by atoms with Crippen molar-refractivity contribution in [3.8, 4) is 0 Å². The van der Waals surface area contributed by atoms with Crippen molar-refractivity contribution in [2.75, 3.05) is 13.7 Å². The summed E-state index contributed by atoms with van der Waals surface area (Å²) in [7, 11) is 1.20. The Morgan fingerprint density at radius 3 is 2.90 bits per heavy atom. The van der Waals surface area contributed by atoms with Crippen LogP contribution in [0.3, 0.4) is 0 Å². The third-order valence-electron chi connectivity index (χ3n) is 3.24. The fraction of sp³-hybridized carbons (Fsp3) is 0.667. The Hall–Kier alpha value is -1.57. The molecule has 1 aromatic heterocycles. The van der Waals surface area contributed by atoms with Crippen molar-refractivity contribution < 1.29 is 27.4 Å². The zero-order chi connectivity index (χ0) is 14.8. The number of nitrogens with zero attached hydrogens (tertiary/aromatic N) is 2. The first-order valence-corrected chi connectivity index (χ1v) is 6.22. The lowest BCUT2D eigenvalue weighted by Crippen LogP contribution is -2.24. The van der Waals surface area contributed by atoms with E-state index < -0.39 is 23.9 Å². The summed E-state index contributed by atoms with van der Waals surface area (Å²) in [6.45, 7) is 0.607. The Kier molecular flexibility index (Phi) is 4.32. The highest BCUT2D eigenvalue weighted by Crippen LogP contribution is 2.30. The van der Waals surface area contributed by atoms with Crippen LogP contribution in [0.25, 0.3) is 0 Å². The number of ether oxygens (including phenoxy) is 2. The maximum absolute atomic E-state index is 12.5. The summed E-state index contributed by atoms with van der Waals surface area (Å²) >= 11 is 0. The summed E-state index contributed by atoms with van der Waals surface area (Å²) in [6.07, 6.45) is -0.910. The van der Waals surface area contributed by atoms with E-state index in [4.69, 9.17) is 4.74 Å². The monoisotopic (exact) mass is 292 g/mol. The zero-order valence-electron chi connectivity index (χ0n) is 10.9. The average molecular weight is 292 g/mol. The molecular formula is C12H15F3N2O3. The quantitative estimate of drug-likeness (QED) is 0.798. The highest BCUT2D eigenvalue weighted by Gasteiger charge is 2.35. The molecule has 1 saturated heterocycles. The van der Waals surface area contributed by atoms with E-state index >= 15 is 0 Å². The third kappa shape index (κ3) is 3.30. The molecule has 20 heavy (non-hydrogen) atoms. The van der Waals surface area contributed by atoms with Gasteiger partial charge in [-0.25, -0.2) is 9.78 Å². The first kappa shape index (κ1) is 14.8. The molecule has 2 rings (SSSR count). The molecule has 2 heterocycles. The molecule has 0 N–H and O–H groups in total. The normalized spacial score (nSPS) is 20.9. The van der Waals surface area contributed by atoms with Crippen LogP contribution in [0.15, 0.2) is 12.5 Å². The molecule has 1 unspecified atom stereocenters. The van der Waals surface area contributed by atoms with E-state index in [1.54, 1.807) is 0 Å². The lowest BCUT2D eigenvalue weighted by Gasteiger charge is -2.19. The van der Waals surface area contributed by atoms with Gasteiger partial charge in [-0.1, -0.05) is 0 Å². The molecule has 0 aromatic carbocycles. The second-order valence-electron chi connectivity index (χ2n) is 4.61. The van der Waals surface area contributed by atoms with Gasteiger partial charge in [0, 0.05) is 19.2 Å². The number of carbonyl (C=O) groups is 1. The van der Waals surface area contributed by atoms with E-state index in [1.165, 1.54) is 7.11 Å². The highest BCUT2D eigenvalue weighted by atomic mass is 19.4. The van der Waals surface area contributed by atoms with Crippen LogP contribution in [0, 0.1) is 0 Å². The maximum Gasteiger partial charge on any atom is 0.434 e. The second-order valence-corrected chi connectivity index (χ2v) is 4.61. The van der Waals surface area contributed by atoms with Gasteiger partial charge in [0.05, 0.1) is 19.5 Å². The summed E-state index contributed by atoms with van der Waals surface area (Å²) in [4.78, 5) is 15.0. The van der Waals surface area contributed by atoms with Crippen molar-refractivity contribution in [1.82, 2.24) is 9.55 Å². The van der Waals surface area contributed by atoms with Crippen LogP contribution in [-0.4, -0.2) is 35.3 Å². The Bertz CT molecular complexity index is 467. The standard InChI is InChI=1S/C12H15F3N2O3/c1-19-11(18)9(5-8-3-2-4-20-8)17-6-10(16-7-17)12(13,14)15/h6-9H,2-5H2,1H3/t8?,9-/m0/s1. The molecule has 1 aliphatic heterocycles. The maximum atomic E-state index is 12.5. The van der Waals surface area contributed by atoms with Gasteiger partial charge in [0.2, 0.25) is 0 Å². The predicted molar refractivity (Wildman–Crippen MR) is 61.9 cm³/mol. The van der Waals surface area contributed by atoms with Gasteiger partial charge in [-0.3, -0.25) is 0 Å². The topological polar surface area (TPSA) is 53.4 Å². The summed E-state index contributed by atoms with van der Waals surface area (Å²) in [6, 6.07) is -0.855. The van der Waals surface area contributed by atoms with E-state index in [2.05, 4.69) is 9.72 Å². The molecule has 0 radical (unpaired) electrons. The van der Waals surface area contributed by atoms with Crippen molar-refractivity contribution in [3.05, 3.63) is 18.2 Å². The van der Waals surface area contributed by atoms with Crippen LogP contribution in [0.2, 0.25) is 0 Å². The molecule has 112 valence electrons. The van der Waals surface area contributed by atoms with E-state index in [9.17, 15) is 18.0 Å². The number of halogens is 3. The number of methoxy groups -OCH3 is 1. The predicted octanol–water partition coefficient (Wildman–Crippen LogP) is 2.19. The molecule has 1 aliphatic rings. The van der Waals surface area contributed by atoms with Crippen molar-refractivity contribution in [2.45, 2.75) is 37.6 Å². The SMILES string of the molecule is COC(=O)[C@H](CC1CCCO1)n1cnc(C(F)(F)F)c1. The van der Waals surface area contributed by atoms with Crippen molar-refractivity contribution in [2.24, 2.45) is 0 Å². The number of hydrogen-bond donors (Lipinski definition) is 0. The number of imidazole rings is 1. The van der Waals surface area contributed by atoms with E-state index in [0.29, 0.717) is 6.61 Å². The third-order valence-corrected chi connectivity index (χ3v) is 3.24. The van der Waals surface area contributed by atoms with E-state index in [0.717, 1.165) is 29.9 Å². The molecule has 1 fully saturated rings. The summed E-state index contributed by atoms with van der Waals surface area (Å²) in [5.41, 5.74) is -1.03. The van der Waals surface area contributed by atoms with Crippen LogP contribution in [0.5, 0.6) is 0 Å². The first-order valence-electron chi connectivity index (χ1n) is 6.22. The Balaban J connectivity index is 2.17. The van der Waals surface area contributed by atoms with Gasteiger partial charge in [0.1, 0.15) is 6.04 Å². The van der Waals surface area contributed by atoms with Crippen molar-refractivity contribution in [3.63, 3.8) is 0 Å². The molecular weight excluding hydrogens is 277 g/mol. The molecule has 8 heteroatoms. The van der Waals surface area contributed by atoms with Gasteiger partial charge in [0.25, 0.3) is 0 Å². The molecule has 0 saturated carbocycles. The minimum atomic E-state index is -4.53. The van der Waals surface area contributed by atoms with Gasteiger partial charge in [-0.05, 0) is 12.8 Å². The molecule has 0 aliphatic carbocycles. The Morgan fingerprint density at radius 1 is 1.65 bits per heavy atom. The number of aromatic nitrogens is 2. The molecule has 5 nitrogen and oxygen atoms in total. The number of hydrogen-bond acceptors (Lipinski definition) is 4. The molecule has 1 aromatic rings. The average Bonchev–Trinajstić information content (AvgIpc) is 3.05. The lowest BCUT2D eigenvalue weighted by molar-refractivity contribution is -0.146. The first-order chi connectivity index (χ1) is 9.41. The Morgan fingerprint density at radius 2 is 2.40 bits per heavy atom. The van der Waals surface area contributed by atoms with Gasteiger partial charge in [0.15, 0.2) is 5.69 Å². The number of esters is 1. The van der Waals surface area contributed by atoms with Gasteiger partial charge < -0.3 is 14.0 Å². The fourth-order valence-corrected chi connectivity index (χ4v) is 2.21. The Labute approximate surface area is 113 Å². The highest BCUT2D eigenvalue weighted by molar-refractivity contribution is 5.74. The van der Waals surface area contributed by atoms with Gasteiger partial charge >= 0.3 is 12.1 Å². The largest absolute Gasteiger partial charge is 0.467 e. The van der Waals surface area contributed by atoms with E-state index in [-0.39, 0.29) is 12.5 Å². The lowest BCUT2D eigenvalue weighted by atomic mass is 10.1. The fourth-order valence-electron chi connectivity index (χ4n) is 2.21. The summed E-state index contributed by atoms with van der Waals surface area (Å²) in [5.74, 6) is -0.605. The summed E-state index contributed by atoms with van der Waals surface area (Å²) in [5, 5.41) is 0. The molecule has 2 atom stereocenters.